The number of benzene rings is 3. The lowest BCUT2D eigenvalue weighted by Gasteiger charge is -2.35. The van der Waals surface area contributed by atoms with E-state index in [-0.39, 0.29) is 23.0 Å². The van der Waals surface area contributed by atoms with E-state index < -0.39 is 44.7 Å². The lowest BCUT2D eigenvalue weighted by atomic mass is 10.1. The van der Waals surface area contributed by atoms with Gasteiger partial charge in [0.1, 0.15) is 5.82 Å². The second-order valence-electron chi connectivity index (χ2n) is 8.01. The lowest BCUT2D eigenvalue weighted by Crippen LogP contribution is -2.48. The molecule has 0 atom stereocenters. The van der Waals surface area contributed by atoms with Crippen LogP contribution in [0.3, 0.4) is 0 Å². The van der Waals surface area contributed by atoms with Gasteiger partial charge in [0.25, 0.3) is 5.91 Å². The Kier molecular flexibility index (Phi) is 7.26. The molecule has 0 spiro atoms. The number of rotatable bonds is 5. The molecule has 1 N–H and O–H groups in total. The fraction of sp³-hybridized carbons (Fsp3) is 0.208. The Balaban J connectivity index is 1.55. The lowest BCUT2D eigenvalue weighted by molar-refractivity contribution is -0.136. The number of alkyl halides is 3. The van der Waals surface area contributed by atoms with Gasteiger partial charge >= 0.3 is 6.18 Å². The molecule has 3 aromatic rings. The molecule has 1 amide bonds. The van der Waals surface area contributed by atoms with Crippen LogP contribution < -0.4 is 10.2 Å². The van der Waals surface area contributed by atoms with Crippen LogP contribution in [0.25, 0.3) is 0 Å². The summed E-state index contributed by atoms with van der Waals surface area (Å²) in [5.74, 6) is -2.31. The Bertz CT molecular complexity index is 1380. The molecule has 12 heteroatoms. The zero-order chi connectivity index (χ0) is 26.1. The summed E-state index contributed by atoms with van der Waals surface area (Å²) in [6.45, 7) is 1.18. The molecule has 0 bridgehead atoms. The van der Waals surface area contributed by atoms with Gasteiger partial charge in [-0.3, -0.25) is 4.79 Å². The molecule has 1 heterocycles. The number of amides is 1. The number of hydrogen-bond acceptors (Lipinski definition) is 4. The van der Waals surface area contributed by atoms with Crippen molar-refractivity contribution in [1.82, 2.24) is 4.31 Å². The second kappa shape index (κ2) is 10.1. The highest BCUT2D eigenvalue weighted by Gasteiger charge is 2.35. The molecule has 1 aliphatic rings. The summed E-state index contributed by atoms with van der Waals surface area (Å²) in [6, 6.07) is 14.8. The van der Waals surface area contributed by atoms with E-state index in [1.54, 1.807) is 0 Å². The van der Waals surface area contributed by atoms with Crippen LogP contribution in [0, 0.1) is 5.82 Å². The molecule has 0 aliphatic carbocycles. The van der Waals surface area contributed by atoms with Crippen molar-refractivity contribution in [3.8, 4) is 0 Å². The zero-order valence-corrected chi connectivity index (χ0v) is 20.2. The second-order valence-corrected chi connectivity index (χ2v) is 10.4. The van der Waals surface area contributed by atoms with Gasteiger partial charge in [-0.2, -0.15) is 17.5 Å². The molecule has 1 fully saturated rings. The summed E-state index contributed by atoms with van der Waals surface area (Å²) in [5, 5.41) is 1.81. The molecule has 1 saturated heterocycles. The van der Waals surface area contributed by atoms with Crippen molar-refractivity contribution in [2.24, 2.45) is 0 Å². The largest absolute Gasteiger partial charge is 0.418 e. The van der Waals surface area contributed by atoms with Crippen molar-refractivity contribution in [3.05, 3.63) is 88.7 Å². The predicted molar refractivity (Wildman–Crippen MR) is 128 cm³/mol. The number of carbonyl (C=O) groups excluding carboxylic acids is 1. The van der Waals surface area contributed by atoms with Gasteiger partial charge in [-0.05, 0) is 48.5 Å². The Morgan fingerprint density at radius 1 is 0.917 bits per heavy atom. The van der Waals surface area contributed by atoms with Gasteiger partial charge in [0.2, 0.25) is 10.0 Å². The molecular formula is C24H20ClF4N3O3S. The number of para-hydroxylation sites is 1. The molecule has 190 valence electrons. The standard InChI is InChI=1S/C24H20ClF4N3O3S/c25-16-6-9-22(20(14-16)24(27,28)29)30-23(33)19-15-18(7-8-21(19)26)36(34,35)32-12-10-31(11-13-32)17-4-2-1-3-5-17/h1-9,14-15H,10-13H2,(H,30,33). The van der Waals surface area contributed by atoms with E-state index in [9.17, 15) is 30.8 Å². The van der Waals surface area contributed by atoms with E-state index >= 15 is 0 Å². The number of piperazine rings is 1. The van der Waals surface area contributed by atoms with Crippen LogP contribution in [-0.4, -0.2) is 44.8 Å². The van der Waals surface area contributed by atoms with Crippen LogP contribution in [0.1, 0.15) is 15.9 Å². The van der Waals surface area contributed by atoms with Crippen molar-refractivity contribution in [3.63, 3.8) is 0 Å². The fourth-order valence-electron chi connectivity index (χ4n) is 3.86. The van der Waals surface area contributed by atoms with Crippen LogP contribution >= 0.6 is 11.6 Å². The first-order valence-corrected chi connectivity index (χ1v) is 12.6. The van der Waals surface area contributed by atoms with Crippen LogP contribution in [0.4, 0.5) is 28.9 Å². The minimum atomic E-state index is -4.83. The summed E-state index contributed by atoms with van der Waals surface area (Å²) < 4.78 is 82.1. The minimum absolute atomic E-state index is 0.163. The minimum Gasteiger partial charge on any atom is -0.369 e. The van der Waals surface area contributed by atoms with Crippen molar-refractivity contribution < 1.29 is 30.8 Å². The Morgan fingerprint density at radius 3 is 2.22 bits per heavy atom. The van der Waals surface area contributed by atoms with Crippen LogP contribution in [0.5, 0.6) is 0 Å². The van der Waals surface area contributed by atoms with E-state index in [1.165, 1.54) is 4.31 Å². The van der Waals surface area contributed by atoms with E-state index in [4.69, 9.17) is 11.6 Å². The first kappa shape index (κ1) is 25.9. The van der Waals surface area contributed by atoms with E-state index in [2.05, 4.69) is 0 Å². The maximum atomic E-state index is 14.5. The molecular weight excluding hydrogens is 522 g/mol. The number of sulfonamides is 1. The van der Waals surface area contributed by atoms with Crippen molar-refractivity contribution in [2.45, 2.75) is 11.1 Å². The number of nitrogens with one attached hydrogen (secondary N) is 1. The highest BCUT2D eigenvalue weighted by atomic mass is 35.5. The summed E-state index contributed by atoms with van der Waals surface area (Å²) >= 11 is 5.64. The van der Waals surface area contributed by atoms with Crippen molar-refractivity contribution >= 4 is 38.9 Å². The highest BCUT2D eigenvalue weighted by Crippen LogP contribution is 2.37. The molecule has 3 aromatic carbocycles. The van der Waals surface area contributed by atoms with E-state index in [0.29, 0.717) is 19.2 Å². The molecule has 36 heavy (non-hydrogen) atoms. The number of hydrogen-bond donors (Lipinski definition) is 1. The summed E-state index contributed by atoms with van der Waals surface area (Å²) in [6.07, 6.45) is -4.83. The van der Waals surface area contributed by atoms with Crippen LogP contribution in [-0.2, 0) is 16.2 Å². The first-order valence-electron chi connectivity index (χ1n) is 10.7. The van der Waals surface area contributed by atoms with E-state index in [0.717, 1.165) is 36.0 Å². The maximum Gasteiger partial charge on any atom is 0.418 e. The number of nitrogens with zero attached hydrogens (tertiary/aromatic N) is 2. The van der Waals surface area contributed by atoms with Gasteiger partial charge < -0.3 is 10.2 Å². The topological polar surface area (TPSA) is 69.7 Å². The average Bonchev–Trinajstić information content (AvgIpc) is 2.85. The Morgan fingerprint density at radius 2 is 1.58 bits per heavy atom. The predicted octanol–water partition coefficient (Wildman–Crippen LogP) is 5.26. The molecule has 0 unspecified atom stereocenters. The quantitative estimate of drug-likeness (QED) is 0.447. The molecule has 0 aromatic heterocycles. The first-order chi connectivity index (χ1) is 17.0. The maximum absolute atomic E-state index is 14.5. The normalized spacial score (nSPS) is 15.1. The van der Waals surface area contributed by atoms with Crippen molar-refractivity contribution in [2.75, 3.05) is 36.4 Å². The van der Waals surface area contributed by atoms with Gasteiger partial charge in [-0.1, -0.05) is 29.8 Å². The SMILES string of the molecule is O=C(Nc1ccc(Cl)cc1C(F)(F)F)c1cc(S(=O)(=O)N2CCN(c3ccccc3)CC2)ccc1F. The van der Waals surface area contributed by atoms with Gasteiger partial charge in [-0.25, -0.2) is 12.8 Å². The summed E-state index contributed by atoms with van der Waals surface area (Å²) in [7, 11) is -4.09. The van der Waals surface area contributed by atoms with Gasteiger partial charge in [0.15, 0.2) is 0 Å². The van der Waals surface area contributed by atoms with Gasteiger partial charge in [0.05, 0.1) is 21.7 Å². The Labute approximate surface area is 210 Å². The number of carbonyl (C=O) groups is 1. The van der Waals surface area contributed by atoms with Gasteiger partial charge in [0, 0.05) is 36.9 Å². The third kappa shape index (κ3) is 5.48. The third-order valence-electron chi connectivity index (χ3n) is 5.72. The molecule has 1 aliphatic heterocycles. The average molecular weight is 542 g/mol. The molecule has 4 rings (SSSR count). The molecule has 0 saturated carbocycles. The number of anilines is 2. The highest BCUT2D eigenvalue weighted by molar-refractivity contribution is 7.89. The van der Waals surface area contributed by atoms with Crippen molar-refractivity contribution in [1.29, 1.82) is 0 Å². The zero-order valence-electron chi connectivity index (χ0n) is 18.6. The molecule has 0 radical (unpaired) electrons. The molecule has 6 nitrogen and oxygen atoms in total. The monoisotopic (exact) mass is 541 g/mol. The Hall–Kier alpha value is -3.15. The smallest absolute Gasteiger partial charge is 0.369 e. The van der Waals surface area contributed by atoms with E-state index in [1.807, 2.05) is 40.5 Å². The van der Waals surface area contributed by atoms with Crippen LogP contribution in [0.15, 0.2) is 71.6 Å². The van der Waals surface area contributed by atoms with Gasteiger partial charge in [-0.15, -0.1) is 0 Å². The third-order valence-corrected chi connectivity index (χ3v) is 7.85. The van der Waals surface area contributed by atoms with Crippen LogP contribution in [0.2, 0.25) is 5.02 Å². The fourth-order valence-corrected chi connectivity index (χ4v) is 5.48. The number of halogens is 5. The summed E-state index contributed by atoms with van der Waals surface area (Å²) in [4.78, 5) is 14.4. The summed E-state index contributed by atoms with van der Waals surface area (Å²) in [5.41, 5.74) is -1.61.